The molecule has 0 amide bonds. The van der Waals surface area contributed by atoms with Crippen molar-refractivity contribution in [2.45, 2.75) is 19.4 Å². The molecule has 0 aromatic carbocycles. The van der Waals surface area contributed by atoms with Gasteiger partial charge in [0.1, 0.15) is 17.2 Å². The van der Waals surface area contributed by atoms with Crippen LogP contribution in [0.5, 0.6) is 0 Å². The molecule has 0 aliphatic carbocycles. The van der Waals surface area contributed by atoms with E-state index in [0.717, 1.165) is 34.9 Å². The van der Waals surface area contributed by atoms with Crippen LogP contribution < -0.4 is 10.6 Å². The van der Waals surface area contributed by atoms with Crippen molar-refractivity contribution in [2.75, 3.05) is 44.4 Å². The second-order valence-electron chi connectivity index (χ2n) is 7.83. The van der Waals surface area contributed by atoms with Gasteiger partial charge in [0.2, 0.25) is 0 Å². The van der Waals surface area contributed by atoms with Gasteiger partial charge in [0.25, 0.3) is 0 Å². The maximum Gasteiger partial charge on any atom is 0.354 e. The number of nitrogens with zero attached hydrogens (tertiary/aromatic N) is 3. The molecule has 0 bridgehead atoms. The van der Waals surface area contributed by atoms with Gasteiger partial charge in [-0.15, -0.1) is 0 Å². The molecule has 1 saturated heterocycles. The first-order valence-corrected chi connectivity index (χ1v) is 10.3. The van der Waals surface area contributed by atoms with E-state index in [0.29, 0.717) is 17.9 Å². The molecule has 4 heterocycles. The molecule has 8 nitrogen and oxygen atoms in total. The van der Waals surface area contributed by atoms with Crippen LogP contribution in [0.2, 0.25) is 0 Å². The van der Waals surface area contributed by atoms with Crippen molar-refractivity contribution in [3.8, 4) is 0 Å². The number of likely N-dealkylation sites (tertiary alicyclic amines) is 1. The van der Waals surface area contributed by atoms with Gasteiger partial charge in [-0.2, -0.15) is 0 Å². The number of fused-ring (bicyclic) bond motifs is 1. The van der Waals surface area contributed by atoms with Crippen LogP contribution in [0, 0.1) is 5.92 Å². The average Bonchev–Trinajstić information content (AvgIpc) is 3.22. The number of H-pyrrole nitrogens is 1. The van der Waals surface area contributed by atoms with Gasteiger partial charge in [-0.25, -0.2) is 14.8 Å². The maximum atomic E-state index is 11.8. The molecule has 30 heavy (non-hydrogen) atoms. The fourth-order valence-electron chi connectivity index (χ4n) is 3.75. The molecular formula is C22H28N6O2. The summed E-state index contributed by atoms with van der Waals surface area (Å²) >= 11 is 0. The van der Waals surface area contributed by atoms with E-state index >= 15 is 0 Å². The van der Waals surface area contributed by atoms with Gasteiger partial charge >= 0.3 is 5.97 Å². The van der Waals surface area contributed by atoms with Crippen LogP contribution in [-0.4, -0.2) is 59.6 Å². The van der Waals surface area contributed by atoms with E-state index in [9.17, 15) is 4.79 Å². The average molecular weight is 409 g/mol. The molecule has 3 aromatic rings. The Balaban J connectivity index is 1.34. The van der Waals surface area contributed by atoms with E-state index in [4.69, 9.17) is 4.74 Å². The Morgan fingerprint density at radius 1 is 1.23 bits per heavy atom. The summed E-state index contributed by atoms with van der Waals surface area (Å²) in [4.78, 5) is 26.0. The standard InChI is InChI=1S/C22H28N6O2/c1-28-9-6-15(7-10-28)12-25-20-4-3-16(14-26-20)13-24-18-5-8-23-21-17(18)11-19(27-21)22(29)30-2/h3-5,8,11,14-15H,6-7,9-10,12-13H2,1-2H3,(H,25,26)(H2,23,24,27). The number of esters is 1. The third-order valence-electron chi connectivity index (χ3n) is 5.65. The molecule has 1 fully saturated rings. The number of anilines is 2. The zero-order chi connectivity index (χ0) is 20.9. The Morgan fingerprint density at radius 3 is 2.80 bits per heavy atom. The third kappa shape index (κ3) is 4.71. The number of aromatic amines is 1. The van der Waals surface area contributed by atoms with Crippen LogP contribution in [0.25, 0.3) is 11.0 Å². The first-order chi connectivity index (χ1) is 14.6. The summed E-state index contributed by atoms with van der Waals surface area (Å²) in [5.74, 6) is 1.22. The lowest BCUT2D eigenvalue weighted by Gasteiger charge is -2.29. The Hall–Kier alpha value is -3.13. The van der Waals surface area contributed by atoms with Crippen molar-refractivity contribution < 1.29 is 9.53 Å². The van der Waals surface area contributed by atoms with Gasteiger partial charge in [-0.3, -0.25) is 0 Å². The largest absolute Gasteiger partial charge is 0.464 e. The van der Waals surface area contributed by atoms with Gasteiger partial charge in [-0.1, -0.05) is 6.07 Å². The summed E-state index contributed by atoms with van der Waals surface area (Å²) in [5.41, 5.74) is 3.01. The van der Waals surface area contributed by atoms with Crippen molar-refractivity contribution >= 4 is 28.5 Å². The summed E-state index contributed by atoms with van der Waals surface area (Å²) in [6.07, 6.45) is 6.07. The van der Waals surface area contributed by atoms with Crippen LogP contribution in [0.1, 0.15) is 28.9 Å². The summed E-state index contributed by atoms with van der Waals surface area (Å²) in [5, 5.41) is 7.72. The lowest BCUT2D eigenvalue weighted by Crippen LogP contribution is -2.33. The van der Waals surface area contributed by atoms with E-state index in [1.807, 2.05) is 18.3 Å². The van der Waals surface area contributed by atoms with Crippen molar-refractivity contribution in [3.63, 3.8) is 0 Å². The maximum absolute atomic E-state index is 11.8. The number of pyridine rings is 2. The van der Waals surface area contributed by atoms with E-state index in [1.54, 1.807) is 12.3 Å². The number of piperidine rings is 1. The van der Waals surface area contributed by atoms with Crippen molar-refractivity contribution in [2.24, 2.45) is 5.92 Å². The molecular weight excluding hydrogens is 380 g/mol. The molecule has 0 spiro atoms. The van der Waals surface area contributed by atoms with E-state index < -0.39 is 5.97 Å². The zero-order valence-corrected chi connectivity index (χ0v) is 17.4. The molecule has 3 N–H and O–H groups in total. The number of carbonyl (C=O) groups excluding carboxylic acids is 1. The summed E-state index contributed by atoms with van der Waals surface area (Å²) < 4.78 is 4.77. The highest BCUT2D eigenvalue weighted by molar-refractivity contribution is 5.98. The highest BCUT2D eigenvalue weighted by Gasteiger charge is 2.16. The number of rotatable bonds is 7. The molecule has 8 heteroatoms. The first-order valence-electron chi connectivity index (χ1n) is 10.3. The number of methoxy groups -OCH3 is 1. The predicted molar refractivity (Wildman–Crippen MR) is 118 cm³/mol. The van der Waals surface area contributed by atoms with Crippen LogP contribution in [0.3, 0.4) is 0 Å². The van der Waals surface area contributed by atoms with Crippen LogP contribution in [0.15, 0.2) is 36.7 Å². The van der Waals surface area contributed by atoms with Crippen LogP contribution >= 0.6 is 0 Å². The molecule has 1 aliphatic heterocycles. The van der Waals surface area contributed by atoms with Gasteiger partial charge < -0.3 is 25.3 Å². The van der Waals surface area contributed by atoms with Gasteiger partial charge in [-0.05, 0) is 62.7 Å². The van der Waals surface area contributed by atoms with E-state index in [2.05, 4.69) is 43.6 Å². The number of nitrogens with one attached hydrogen (secondary N) is 3. The Labute approximate surface area is 176 Å². The number of hydrogen-bond donors (Lipinski definition) is 3. The van der Waals surface area contributed by atoms with Crippen molar-refractivity contribution in [1.82, 2.24) is 19.9 Å². The summed E-state index contributed by atoms with van der Waals surface area (Å²) in [6, 6.07) is 7.75. The monoisotopic (exact) mass is 408 g/mol. The smallest absolute Gasteiger partial charge is 0.354 e. The predicted octanol–water partition coefficient (Wildman–Crippen LogP) is 3.11. The fourth-order valence-corrected chi connectivity index (χ4v) is 3.75. The molecule has 0 saturated carbocycles. The van der Waals surface area contributed by atoms with Gasteiger partial charge in [0.15, 0.2) is 0 Å². The molecule has 0 radical (unpaired) electrons. The molecule has 4 rings (SSSR count). The second kappa shape index (κ2) is 9.13. The number of aromatic nitrogens is 3. The first kappa shape index (κ1) is 20.2. The van der Waals surface area contributed by atoms with Crippen LogP contribution in [-0.2, 0) is 11.3 Å². The van der Waals surface area contributed by atoms with Crippen LogP contribution in [0.4, 0.5) is 11.5 Å². The number of carbonyl (C=O) groups is 1. The normalized spacial score (nSPS) is 15.3. The molecule has 0 atom stereocenters. The second-order valence-corrected chi connectivity index (χ2v) is 7.83. The topological polar surface area (TPSA) is 95.2 Å². The Morgan fingerprint density at radius 2 is 2.07 bits per heavy atom. The van der Waals surface area contributed by atoms with E-state index in [-0.39, 0.29) is 0 Å². The minimum atomic E-state index is -0.411. The Kier molecular flexibility index (Phi) is 6.13. The fraction of sp³-hybridized carbons (Fsp3) is 0.409. The lowest BCUT2D eigenvalue weighted by atomic mass is 9.97. The van der Waals surface area contributed by atoms with Crippen molar-refractivity contribution in [1.29, 1.82) is 0 Å². The summed E-state index contributed by atoms with van der Waals surface area (Å²) in [6.45, 7) is 3.95. The van der Waals surface area contributed by atoms with Gasteiger partial charge in [0, 0.05) is 36.6 Å². The summed E-state index contributed by atoms with van der Waals surface area (Å²) in [7, 11) is 3.54. The van der Waals surface area contributed by atoms with E-state index in [1.165, 1.54) is 33.0 Å². The highest BCUT2D eigenvalue weighted by Crippen LogP contribution is 2.23. The minimum Gasteiger partial charge on any atom is -0.464 e. The molecule has 3 aromatic heterocycles. The quantitative estimate of drug-likeness (QED) is 0.517. The zero-order valence-electron chi connectivity index (χ0n) is 17.4. The molecule has 0 unspecified atom stereocenters. The third-order valence-corrected chi connectivity index (χ3v) is 5.65. The van der Waals surface area contributed by atoms with Crippen molar-refractivity contribution in [3.05, 3.63) is 47.9 Å². The SMILES string of the molecule is COC(=O)c1cc2c(NCc3ccc(NCC4CCN(C)CC4)nc3)ccnc2[nH]1. The highest BCUT2D eigenvalue weighted by atomic mass is 16.5. The number of ether oxygens (including phenoxy) is 1. The lowest BCUT2D eigenvalue weighted by molar-refractivity contribution is 0.0595. The minimum absolute atomic E-state index is 0.385. The molecule has 158 valence electrons. The molecule has 1 aliphatic rings. The number of hydrogen-bond acceptors (Lipinski definition) is 7. The van der Waals surface area contributed by atoms with Gasteiger partial charge in [0.05, 0.1) is 7.11 Å². The Bertz CT molecular complexity index is 993.